The van der Waals surface area contributed by atoms with Crippen LogP contribution in [0.15, 0.2) is 18.2 Å². The number of amides is 1. The maximum absolute atomic E-state index is 11.1. The Bertz CT molecular complexity index is 575. The van der Waals surface area contributed by atoms with Crippen LogP contribution in [0, 0.1) is 0 Å². The summed E-state index contributed by atoms with van der Waals surface area (Å²) in [5.74, 6) is 0.244. The number of anilines is 2. The Hall–Kier alpha value is -2.24. The number of carbonyl (C=O) groups is 1. The minimum atomic E-state index is -0.385. The second kappa shape index (κ2) is 4.56. The quantitative estimate of drug-likeness (QED) is 0.697. The van der Waals surface area contributed by atoms with Gasteiger partial charge in [0.25, 0.3) is 0 Å². The van der Waals surface area contributed by atoms with Gasteiger partial charge >= 0.3 is 0 Å². The van der Waals surface area contributed by atoms with Crippen LogP contribution >= 0.6 is 0 Å². The summed E-state index contributed by atoms with van der Waals surface area (Å²) < 4.78 is 0. The van der Waals surface area contributed by atoms with E-state index in [4.69, 9.17) is 11.5 Å². The number of carbonyl (C=O) groups excluding carboxylic acids is 1. The number of imidazole rings is 1. The molecule has 5 N–H and O–H groups in total. The summed E-state index contributed by atoms with van der Waals surface area (Å²) in [7, 11) is 0. The van der Waals surface area contributed by atoms with E-state index in [9.17, 15) is 4.79 Å². The minimum absolute atomic E-state index is 0.121. The molecule has 2 rings (SSSR count). The van der Waals surface area contributed by atoms with E-state index in [2.05, 4.69) is 9.97 Å². The van der Waals surface area contributed by atoms with E-state index in [1.54, 1.807) is 6.07 Å². The third-order valence-corrected chi connectivity index (χ3v) is 2.72. The van der Waals surface area contributed by atoms with Crippen LogP contribution in [-0.2, 0) is 4.79 Å². The van der Waals surface area contributed by atoms with Gasteiger partial charge in [-0.2, -0.15) is 0 Å². The largest absolute Gasteiger partial charge is 0.399 e. The monoisotopic (exact) mass is 247 g/mol. The summed E-state index contributed by atoms with van der Waals surface area (Å²) in [5, 5.41) is 0. The zero-order chi connectivity index (χ0) is 13.3. The molecule has 2 aromatic rings. The standard InChI is InChI=1S/C12H17N5O/c1-7(2)17(6-11(14)18)12-15-9-4-3-8(13)5-10(9)16-12/h3-5,7H,6,13H2,1-2H3,(H2,14,18)(H,15,16). The molecule has 6 nitrogen and oxygen atoms in total. The lowest BCUT2D eigenvalue weighted by Crippen LogP contribution is -2.39. The average molecular weight is 247 g/mol. The minimum Gasteiger partial charge on any atom is -0.399 e. The Kier molecular flexibility index (Phi) is 3.10. The van der Waals surface area contributed by atoms with E-state index < -0.39 is 0 Å². The van der Waals surface area contributed by atoms with Crippen molar-refractivity contribution in [3.05, 3.63) is 18.2 Å². The lowest BCUT2D eigenvalue weighted by Gasteiger charge is -2.24. The van der Waals surface area contributed by atoms with E-state index in [0.29, 0.717) is 11.6 Å². The molecule has 96 valence electrons. The maximum atomic E-state index is 11.1. The summed E-state index contributed by atoms with van der Waals surface area (Å²) in [6, 6.07) is 5.57. The number of nitrogens with zero attached hydrogens (tertiary/aromatic N) is 2. The highest BCUT2D eigenvalue weighted by Crippen LogP contribution is 2.20. The van der Waals surface area contributed by atoms with Gasteiger partial charge in [-0.05, 0) is 32.0 Å². The molecule has 1 aromatic heterocycles. The molecular weight excluding hydrogens is 230 g/mol. The second-order valence-electron chi connectivity index (χ2n) is 4.52. The zero-order valence-corrected chi connectivity index (χ0v) is 10.5. The number of hydrogen-bond acceptors (Lipinski definition) is 4. The predicted octanol–water partition coefficient (Wildman–Crippen LogP) is 0.845. The molecule has 0 radical (unpaired) electrons. The van der Waals surface area contributed by atoms with Crippen LogP contribution in [0.1, 0.15) is 13.8 Å². The predicted molar refractivity (Wildman–Crippen MR) is 72.2 cm³/mol. The van der Waals surface area contributed by atoms with Crippen molar-refractivity contribution in [2.24, 2.45) is 5.73 Å². The first-order valence-electron chi connectivity index (χ1n) is 5.77. The zero-order valence-electron chi connectivity index (χ0n) is 10.5. The molecule has 0 bridgehead atoms. The average Bonchev–Trinajstić information content (AvgIpc) is 2.67. The Morgan fingerprint density at radius 1 is 1.50 bits per heavy atom. The highest BCUT2D eigenvalue weighted by atomic mass is 16.1. The number of aromatic nitrogens is 2. The lowest BCUT2D eigenvalue weighted by molar-refractivity contribution is -0.116. The van der Waals surface area contributed by atoms with Crippen LogP contribution in [0.2, 0.25) is 0 Å². The van der Waals surface area contributed by atoms with Gasteiger partial charge in [0.2, 0.25) is 11.9 Å². The molecule has 0 aliphatic carbocycles. The topological polar surface area (TPSA) is 101 Å². The molecule has 1 heterocycles. The Labute approximate surface area is 105 Å². The number of H-pyrrole nitrogens is 1. The van der Waals surface area contributed by atoms with E-state index in [1.165, 1.54) is 0 Å². The molecule has 0 aliphatic heterocycles. The van der Waals surface area contributed by atoms with E-state index in [0.717, 1.165) is 11.0 Å². The van der Waals surface area contributed by atoms with Crippen molar-refractivity contribution in [3.8, 4) is 0 Å². The van der Waals surface area contributed by atoms with Crippen molar-refractivity contribution >= 4 is 28.6 Å². The summed E-state index contributed by atoms with van der Waals surface area (Å²) in [6.07, 6.45) is 0. The van der Waals surface area contributed by atoms with Gasteiger partial charge < -0.3 is 21.4 Å². The summed E-state index contributed by atoms with van der Waals surface area (Å²) in [4.78, 5) is 20.5. The Morgan fingerprint density at radius 3 is 2.83 bits per heavy atom. The Balaban J connectivity index is 2.41. The molecule has 1 amide bonds. The van der Waals surface area contributed by atoms with Crippen molar-refractivity contribution in [1.82, 2.24) is 9.97 Å². The second-order valence-corrected chi connectivity index (χ2v) is 4.52. The first-order valence-corrected chi connectivity index (χ1v) is 5.77. The smallest absolute Gasteiger partial charge is 0.237 e. The van der Waals surface area contributed by atoms with Gasteiger partial charge in [0.15, 0.2) is 0 Å². The van der Waals surface area contributed by atoms with Gasteiger partial charge in [-0.15, -0.1) is 0 Å². The van der Waals surface area contributed by atoms with Gasteiger partial charge in [-0.3, -0.25) is 4.79 Å². The first kappa shape index (κ1) is 12.2. The maximum Gasteiger partial charge on any atom is 0.237 e. The SMILES string of the molecule is CC(C)N(CC(N)=O)c1nc2ccc(N)cc2[nH]1. The molecular formula is C12H17N5O. The number of aromatic amines is 1. The van der Waals surface area contributed by atoms with Crippen molar-refractivity contribution in [2.75, 3.05) is 17.2 Å². The van der Waals surface area contributed by atoms with Gasteiger partial charge in [-0.25, -0.2) is 4.98 Å². The van der Waals surface area contributed by atoms with Crippen molar-refractivity contribution in [2.45, 2.75) is 19.9 Å². The molecule has 6 heteroatoms. The lowest BCUT2D eigenvalue weighted by atomic mass is 10.3. The molecule has 0 fully saturated rings. The summed E-state index contributed by atoms with van der Waals surface area (Å²) in [6.45, 7) is 4.09. The fourth-order valence-corrected chi connectivity index (χ4v) is 1.82. The van der Waals surface area contributed by atoms with E-state index in [1.807, 2.05) is 30.9 Å². The normalized spacial score (nSPS) is 11.1. The number of fused-ring (bicyclic) bond motifs is 1. The fourth-order valence-electron chi connectivity index (χ4n) is 1.82. The van der Waals surface area contributed by atoms with E-state index in [-0.39, 0.29) is 18.5 Å². The summed E-state index contributed by atoms with van der Waals surface area (Å²) in [5.41, 5.74) is 13.3. The van der Waals surface area contributed by atoms with Crippen LogP contribution in [0.25, 0.3) is 11.0 Å². The van der Waals surface area contributed by atoms with Gasteiger partial charge in [0, 0.05) is 11.7 Å². The molecule has 0 spiro atoms. The highest BCUT2D eigenvalue weighted by molar-refractivity contribution is 5.83. The molecule has 0 aliphatic rings. The first-order chi connectivity index (χ1) is 8.47. The number of rotatable bonds is 4. The van der Waals surface area contributed by atoms with Crippen molar-refractivity contribution in [3.63, 3.8) is 0 Å². The van der Waals surface area contributed by atoms with Crippen molar-refractivity contribution < 1.29 is 4.79 Å². The van der Waals surface area contributed by atoms with Gasteiger partial charge in [0.1, 0.15) is 0 Å². The molecule has 0 atom stereocenters. The Morgan fingerprint density at radius 2 is 2.22 bits per heavy atom. The van der Waals surface area contributed by atoms with Gasteiger partial charge in [-0.1, -0.05) is 0 Å². The molecule has 0 unspecified atom stereocenters. The van der Waals surface area contributed by atoms with E-state index >= 15 is 0 Å². The number of nitrogens with two attached hydrogens (primary N) is 2. The van der Waals surface area contributed by atoms with Crippen LogP contribution in [-0.4, -0.2) is 28.5 Å². The number of benzene rings is 1. The summed E-state index contributed by atoms with van der Waals surface area (Å²) >= 11 is 0. The van der Waals surface area contributed by atoms with Gasteiger partial charge in [0.05, 0.1) is 17.6 Å². The number of primary amides is 1. The van der Waals surface area contributed by atoms with Crippen molar-refractivity contribution in [1.29, 1.82) is 0 Å². The fraction of sp³-hybridized carbons (Fsp3) is 0.333. The molecule has 0 saturated heterocycles. The molecule has 1 aromatic carbocycles. The number of nitrogen functional groups attached to an aromatic ring is 1. The van der Waals surface area contributed by atoms with Crippen LogP contribution in [0.3, 0.4) is 0 Å². The molecule has 0 saturated carbocycles. The van der Waals surface area contributed by atoms with Crippen LogP contribution < -0.4 is 16.4 Å². The van der Waals surface area contributed by atoms with Crippen LogP contribution in [0.4, 0.5) is 11.6 Å². The highest BCUT2D eigenvalue weighted by Gasteiger charge is 2.16. The van der Waals surface area contributed by atoms with Crippen LogP contribution in [0.5, 0.6) is 0 Å². The third-order valence-electron chi connectivity index (χ3n) is 2.72. The third kappa shape index (κ3) is 2.37. The molecule has 18 heavy (non-hydrogen) atoms. The number of nitrogens with one attached hydrogen (secondary N) is 1. The number of hydrogen-bond donors (Lipinski definition) is 3.